The number of amides is 1. The van der Waals surface area contributed by atoms with E-state index in [1.165, 1.54) is 10.9 Å². The topological polar surface area (TPSA) is 48.5 Å². The van der Waals surface area contributed by atoms with Crippen LogP contribution in [0.15, 0.2) is 35.8 Å². The zero-order valence-corrected chi connectivity index (χ0v) is 16.2. The molecule has 2 aromatic rings. The minimum Gasteiger partial charge on any atom is -0.355 e. The third-order valence-electron chi connectivity index (χ3n) is 4.63. The van der Waals surface area contributed by atoms with Crippen LogP contribution in [0.3, 0.4) is 0 Å². The van der Waals surface area contributed by atoms with E-state index in [4.69, 9.17) is 0 Å². The van der Waals surface area contributed by atoms with E-state index in [2.05, 4.69) is 21.3 Å². The van der Waals surface area contributed by atoms with Crippen molar-refractivity contribution in [2.24, 2.45) is 0 Å². The van der Waals surface area contributed by atoms with E-state index in [1.54, 1.807) is 11.3 Å². The molecule has 0 unspecified atom stereocenters. The molecule has 1 aliphatic heterocycles. The molecule has 0 spiro atoms. The number of nitrogens with one attached hydrogen (secondary N) is 1. The Hall–Kier alpha value is -2.13. The summed E-state index contributed by atoms with van der Waals surface area (Å²) in [5.74, 6) is 0.535. The number of anilines is 1. The van der Waals surface area contributed by atoms with Gasteiger partial charge in [-0.25, -0.2) is 4.98 Å². The molecular formula is C19H23F3N4OS. The summed E-state index contributed by atoms with van der Waals surface area (Å²) in [6.45, 7) is 3.72. The van der Waals surface area contributed by atoms with Crippen molar-refractivity contribution >= 4 is 23.1 Å². The molecular weight excluding hydrogens is 389 g/mol. The molecule has 3 rings (SSSR count). The Morgan fingerprint density at radius 1 is 1.18 bits per heavy atom. The van der Waals surface area contributed by atoms with E-state index in [0.29, 0.717) is 38.5 Å². The number of rotatable bonds is 6. The van der Waals surface area contributed by atoms with Gasteiger partial charge in [0.15, 0.2) is 0 Å². The van der Waals surface area contributed by atoms with Crippen molar-refractivity contribution < 1.29 is 18.0 Å². The fourth-order valence-electron chi connectivity index (χ4n) is 3.14. The SMILES string of the molecule is O=C(CN1CCCN(c2ccc(C(F)(F)F)cn2)CC1)NCCc1cccs1. The van der Waals surface area contributed by atoms with Gasteiger partial charge < -0.3 is 10.2 Å². The first kappa shape index (κ1) is 20.6. The minimum absolute atomic E-state index is 0.00217. The molecule has 1 aliphatic rings. The lowest BCUT2D eigenvalue weighted by Gasteiger charge is -2.22. The Kier molecular flexibility index (Phi) is 6.90. The second-order valence-corrected chi connectivity index (χ2v) is 7.73. The van der Waals surface area contributed by atoms with E-state index in [0.717, 1.165) is 31.6 Å². The quantitative estimate of drug-likeness (QED) is 0.793. The molecule has 1 saturated heterocycles. The summed E-state index contributed by atoms with van der Waals surface area (Å²) >= 11 is 1.68. The maximum atomic E-state index is 12.7. The Morgan fingerprint density at radius 3 is 2.71 bits per heavy atom. The van der Waals surface area contributed by atoms with E-state index in [-0.39, 0.29) is 5.91 Å². The number of alkyl halides is 3. The molecule has 0 aromatic carbocycles. The van der Waals surface area contributed by atoms with Gasteiger partial charge in [0, 0.05) is 43.8 Å². The van der Waals surface area contributed by atoms with Gasteiger partial charge in [-0.2, -0.15) is 13.2 Å². The third kappa shape index (κ3) is 5.93. The highest BCUT2D eigenvalue weighted by Gasteiger charge is 2.31. The van der Waals surface area contributed by atoms with Crippen LogP contribution in [0.2, 0.25) is 0 Å². The van der Waals surface area contributed by atoms with Crippen LogP contribution in [0.4, 0.5) is 19.0 Å². The molecule has 5 nitrogen and oxygen atoms in total. The first-order chi connectivity index (χ1) is 13.4. The van der Waals surface area contributed by atoms with Gasteiger partial charge in [0.2, 0.25) is 5.91 Å². The number of pyridine rings is 1. The predicted molar refractivity (Wildman–Crippen MR) is 104 cm³/mol. The molecule has 0 radical (unpaired) electrons. The third-order valence-corrected chi connectivity index (χ3v) is 5.56. The molecule has 1 amide bonds. The Balaban J connectivity index is 1.44. The van der Waals surface area contributed by atoms with Gasteiger partial charge in [-0.1, -0.05) is 6.07 Å². The molecule has 0 saturated carbocycles. The van der Waals surface area contributed by atoms with Crippen molar-refractivity contribution in [3.8, 4) is 0 Å². The lowest BCUT2D eigenvalue weighted by atomic mass is 10.2. The number of thiophene rings is 1. The fraction of sp³-hybridized carbons (Fsp3) is 0.474. The van der Waals surface area contributed by atoms with E-state index in [9.17, 15) is 18.0 Å². The van der Waals surface area contributed by atoms with Gasteiger partial charge in [0.1, 0.15) is 5.82 Å². The highest BCUT2D eigenvalue weighted by Crippen LogP contribution is 2.29. The highest BCUT2D eigenvalue weighted by molar-refractivity contribution is 7.09. The first-order valence-electron chi connectivity index (χ1n) is 9.21. The van der Waals surface area contributed by atoms with E-state index in [1.807, 2.05) is 16.3 Å². The zero-order valence-electron chi connectivity index (χ0n) is 15.4. The monoisotopic (exact) mass is 412 g/mol. The van der Waals surface area contributed by atoms with Gasteiger partial charge in [0.05, 0.1) is 12.1 Å². The number of halogens is 3. The summed E-state index contributed by atoms with van der Waals surface area (Å²) in [6.07, 6.45) is -1.85. The smallest absolute Gasteiger partial charge is 0.355 e. The van der Waals surface area contributed by atoms with Crippen molar-refractivity contribution in [1.82, 2.24) is 15.2 Å². The number of hydrogen-bond donors (Lipinski definition) is 1. The van der Waals surface area contributed by atoms with Crippen molar-refractivity contribution in [2.75, 3.05) is 44.2 Å². The Bertz CT molecular complexity index is 750. The van der Waals surface area contributed by atoms with Crippen molar-refractivity contribution in [3.63, 3.8) is 0 Å². The van der Waals surface area contributed by atoms with Crippen molar-refractivity contribution in [1.29, 1.82) is 0 Å². The Morgan fingerprint density at radius 2 is 2.04 bits per heavy atom. The summed E-state index contributed by atoms with van der Waals surface area (Å²) in [6, 6.07) is 6.52. The number of aromatic nitrogens is 1. The predicted octanol–water partition coefficient (Wildman–Crippen LogP) is 3.03. The van der Waals surface area contributed by atoms with Crippen LogP contribution >= 0.6 is 11.3 Å². The second kappa shape index (κ2) is 9.38. The van der Waals surface area contributed by atoms with Crippen LogP contribution < -0.4 is 10.2 Å². The fourth-order valence-corrected chi connectivity index (χ4v) is 3.85. The van der Waals surface area contributed by atoms with Gasteiger partial charge in [-0.3, -0.25) is 9.69 Å². The number of hydrogen-bond acceptors (Lipinski definition) is 5. The van der Waals surface area contributed by atoms with Crippen LogP contribution in [0.1, 0.15) is 16.9 Å². The molecule has 28 heavy (non-hydrogen) atoms. The molecule has 3 heterocycles. The van der Waals surface area contributed by atoms with E-state index >= 15 is 0 Å². The van der Waals surface area contributed by atoms with Crippen molar-refractivity contribution in [2.45, 2.75) is 19.0 Å². The van der Waals surface area contributed by atoms with Crippen LogP contribution in [0, 0.1) is 0 Å². The van der Waals surface area contributed by atoms with Crippen LogP contribution in [-0.4, -0.2) is 55.1 Å². The zero-order chi connectivity index (χ0) is 20.0. The molecule has 2 aromatic heterocycles. The molecule has 152 valence electrons. The van der Waals surface area contributed by atoms with Crippen molar-refractivity contribution in [3.05, 3.63) is 46.3 Å². The summed E-state index contributed by atoms with van der Waals surface area (Å²) in [7, 11) is 0. The van der Waals surface area contributed by atoms with Crippen LogP contribution in [-0.2, 0) is 17.4 Å². The molecule has 0 aliphatic carbocycles. The maximum absolute atomic E-state index is 12.7. The minimum atomic E-state index is -4.38. The molecule has 0 atom stereocenters. The van der Waals surface area contributed by atoms with Crippen LogP contribution in [0.25, 0.3) is 0 Å². The van der Waals surface area contributed by atoms with Gasteiger partial charge in [0.25, 0.3) is 0 Å². The first-order valence-corrected chi connectivity index (χ1v) is 10.1. The summed E-state index contributed by atoms with van der Waals surface area (Å²) in [5, 5.41) is 4.96. The average Bonchev–Trinajstić information content (AvgIpc) is 3.06. The van der Waals surface area contributed by atoms with Gasteiger partial charge >= 0.3 is 6.18 Å². The van der Waals surface area contributed by atoms with Gasteiger partial charge in [-0.05, 0) is 36.4 Å². The molecule has 0 bridgehead atoms. The van der Waals surface area contributed by atoms with Gasteiger partial charge in [-0.15, -0.1) is 11.3 Å². The lowest BCUT2D eigenvalue weighted by molar-refractivity contribution is -0.137. The molecule has 9 heteroatoms. The number of carbonyl (C=O) groups excluding carboxylic acids is 1. The second-order valence-electron chi connectivity index (χ2n) is 6.70. The Labute approximate surface area is 166 Å². The largest absolute Gasteiger partial charge is 0.417 e. The molecule has 1 fully saturated rings. The standard InChI is InChI=1S/C19H23F3N4OS/c20-19(21,22)15-4-5-17(24-13-15)26-9-2-8-25(10-11-26)14-18(27)23-7-6-16-3-1-12-28-16/h1,3-5,12-13H,2,6-11,14H2,(H,23,27). The maximum Gasteiger partial charge on any atom is 0.417 e. The normalized spacial score (nSPS) is 16.0. The average molecular weight is 412 g/mol. The van der Waals surface area contributed by atoms with E-state index < -0.39 is 11.7 Å². The summed E-state index contributed by atoms with van der Waals surface area (Å²) in [5.41, 5.74) is -0.744. The summed E-state index contributed by atoms with van der Waals surface area (Å²) < 4.78 is 38.0. The highest BCUT2D eigenvalue weighted by atomic mass is 32.1. The molecule has 1 N–H and O–H groups in total. The summed E-state index contributed by atoms with van der Waals surface area (Å²) in [4.78, 5) is 21.4. The number of carbonyl (C=O) groups is 1. The number of nitrogens with zero attached hydrogens (tertiary/aromatic N) is 3. The lowest BCUT2D eigenvalue weighted by Crippen LogP contribution is -2.39. The van der Waals surface area contributed by atoms with Crippen LogP contribution in [0.5, 0.6) is 0 Å².